The molecule has 1 N–H and O–H groups in total. The van der Waals surface area contributed by atoms with Crippen molar-refractivity contribution in [3.63, 3.8) is 0 Å². The van der Waals surface area contributed by atoms with Crippen molar-refractivity contribution in [3.8, 4) is 0 Å². The largest absolute Gasteiger partial charge is 0.444 e. The Kier molecular flexibility index (Phi) is 7.15. The first-order valence-electron chi connectivity index (χ1n) is 13.2. The van der Waals surface area contributed by atoms with Gasteiger partial charge < -0.3 is 15.0 Å². The summed E-state index contributed by atoms with van der Waals surface area (Å²) >= 11 is 0. The van der Waals surface area contributed by atoms with Crippen molar-refractivity contribution >= 4 is 23.8 Å². The number of hydrogen-bond donors (Lipinski definition) is 1. The monoisotopic (exact) mass is 504 g/mol. The van der Waals surface area contributed by atoms with E-state index in [0.29, 0.717) is 30.4 Å². The summed E-state index contributed by atoms with van der Waals surface area (Å²) in [5.41, 5.74) is 3.25. The van der Waals surface area contributed by atoms with Crippen LogP contribution >= 0.6 is 0 Å². The third kappa shape index (κ3) is 5.32. The highest BCUT2D eigenvalue weighted by atomic mass is 16.6. The number of likely N-dealkylation sites (N-methyl/N-ethyl adjacent to an activating group) is 1. The standard InChI is InChI=1S/C28H36N6O3/c1-5-25(35)33-15-23(16-33)32(4)24(13-19-7-8-19)21-11-9-20(10-12-21)18(3)30-27-29-14-22-17-37-28(36)34(6-2)26(22)31-27/h5,9-12,14,18-19,23-24H,1,6-8,13,15-17H2,2-4H3,(H,29,30,31)/t18-,24?/m0/s1. The summed E-state index contributed by atoms with van der Waals surface area (Å²) in [6.07, 6.45) is 6.50. The Balaban J connectivity index is 1.26. The first-order chi connectivity index (χ1) is 17.9. The fourth-order valence-electron chi connectivity index (χ4n) is 5.15. The van der Waals surface area contributed by atoms with Crippen LogP contribution in [0.3, 0.4) is 0 Å². The van der Waals surface area contributed by atoms with Crippen LogP contribution in [0.5, 0.6) is 0 Å². The number of likely N-dealkylation sites (tertiary alicyclic amines) is 1. The number of amides is 2. The molecular weight excluding hydrogens is 468 g/mol. The highest BCUT2D eigenvalue weighted by Crippen LogP contribution is 2.41. The molecule has 2 amide bonds. The van der Waals surface area contributed by atoms with Crippen LogP contribution in [0.15, 0.2) is 43.1 Å². The number of hydrogen-bond acceptors (Lipinski definition) is 7. The van der Waals surface area contributed by atoms with Gasteiger partial charge in [-0.05, 0) is 50.4 Å². The molecule has 1 aromatic heterocycles. The predicted molar refractivity (Wildman–Crippen MR) is 142 cm³/mol. The zero-order chi connectivity index (χ0) is 26.1. The van der Waals surface area contributed by atoms with Crippen molar-refractivity contribution in [1.29, 1.82) is 0 Å². The first-order valence-corrected chi connectivity index (χ1v) is 13.2. The molecule has 2 atom stereocenters. The average molecular weight is 505 g/mol. The minimum atomic E-state index is -0.379. The molecule has 0 bridgehead atoms. The van der Waals surface area contributed by atoms with Crippen molar-refractivity contribution in [2.24, 2.45) is 5.92 Å². The van der Waals surface area contributed by atoms with Crippen molar-refractivity contribution in [2.75, 3.05) is 36.9 Å². The molecule has 1 saturated carbocycles. The number of benzene rings is 1. The van der Waals surface area contributed by atoms with E-state index < -0.39 is 0 Å². The van der Waals surface area contributed by atoms with Crippen LogP contribution in [0.2, 0.25) is 0 Å². The van der Waals surface area contributed by atoms with E-state index in [1.807, 2.05) is 11.8 Å². The third-order valence-corrected chi connectivity index (χ3v) is 7.82. The summed E-state index contributed by atoms with van der Waals surface area (Å²) < 4.78 is 5.18. The van der Waals surface area contributed by atoms with Gasteiger partial charge in [-0.1, -0.05) is 43.7 Å². The number of nitrogens with one attached hydrogen (secondary N) is 1. The second-order valence-electron chi connectivity index (χ2n) is 10.3. The van der Waals surface area contributed by atoms with Crippen molar-refractivity contribution in [1.82, 2.24) is 19.8 Å². The number of nitrogens with zero attached hydrogens (tertiary/aromatic N) is 5. The number of anilines is 2. The zero-order valence-electron chi connectivity index (χ0n) is 21.9. The van der Waals surface area contributed by atoms with E-state index in [4.69, 9.17) is 4.74 Å². The van der Waals surface area contributed by atoms with Gasteiger partial charge in [-0.2, -0.15) is 4.98 Å². The molecule has 5 rings (SSSR count). The highest BCUT2D eigenvalue weighted by molar-refractivity contribution is 5.89. The maximum Gasteiger partial charge on any atom is 0.415 e. The molecule has 196 valence electrons. The van der Waals surface area contributed by atoms with Gasteiger partial charge >= 0.3 is 6.09 Å². The minimum absolute atomic E-state index is 0.0116. The second-order valence-corrected chi connectivity index (χ2v) is 10.3. The molecule has 3 heterocycles. The summed E-state index contributed by atoms with van der Waals surface area (Å²) in [5.74, 6) is 1.90. The van der Waals surface area contributed by atoms with Crippen LogP contribution in [-0.2, 0) is 16.1 Å². The van der Waals surface area contributed by atoms with Gasteiger partial charge in [0.05, 0.1) is 11.6 Å². The van der Waals surface area contributed by atoms with E-state index in [9.17, 15) is 9.59 Å². The smallest absolute Gasteiger partial charge is 0.415 e. The van der Waals surface area contributed by atoms with E-state index in [0.717, 1.165) is 36.6 Å². The zero-order valence-corrected chi connectivity index (χ0v) is 21.9. The van der Waals surface area contributed by atoms with Gasteiger partial charge in [0.15, 0.2) is 0 Å². The van der Waals surface area contributed by atoms with Gasteiger partial charge in [0.1, 0.15) is 12.4 Å². The quantitative estimate of drug-likeness (QED) is 0.483. The van der Waals surface area contributed by atoms with Crippen molar-refractivity contribution in [3.05, 3.63) is 59.8 Å². The van der Waals surface area contributed by atoms with Gasteiger partial charge in [0.2, 0.25) is 11.9 Å². The van der Waals surface area contributed by atoms with Gasteiger partial charge in [0.25, 0.3) is 0 Å². The Morgan fingerprint density at radius 1 is 1.27 bits per heavy atom. The number of ether oxygens (including phenoxy) is 1. The van der Waals surface area contributed by atoms with Gasteiger partial charge in [-0.25, -0.2) is 9.78 Å². The van der Waals surface area contributed by atoms with E-state index in [2.05, 4.69) is 65.0 Å². The SMILES string of the molecule is C=CC(=O)N1CC(N(C)C(CC2CC2)c2ccc([C@H](C)Nc3ncc4c(n3)N(CC)C(=O)OC4)cc2)C1. The molecular formula is C28H36N6O3. The van der Waals surface area contributed by atoms with Crippen LogP contribution in [0.25, 0.3) is 0 Å². The van der Waals surface area contributed by atoms with E-state index >= 15 is 0 Å². The molecule has 0 radical (unpaired) electrons. The number of rotatable bonds is 10. The van der Waals surface area contributed by atoms with Gasteiger partial charge in [0, 0.05) is 37.9 Å². The normalized spacial score (nSPS) is 19.1. The number of carbonyl (C=O) groups is 2. The minimum Gasteiger partial charge on any atom is -0.444 e. The summed E-state index contributed by atoms with van der Waals surface area (Å²) in [6.45, 7) is 9.78. The first kappa shape index (κ1) is 25.2. The maximum atomic E-state index is 12.1. The molecule has 0 spiro atoms. The molecule has 9 nitrogen and oxygen atoms in total. The molecule has 3 aliphatic rings. The Bertz CT molecular complexity index is 1160. The lowest BCUT2D eigenvalue weighted by Gasteiger charge is -2.46. The summed E-state index contributed by atoms with van der Waals surface area (Å²) in [7, 11) is 2.19. The number of fused-ring (bicyclic) bond motifs is 1. The molecule has 2 aromatic rings. The van der Waals surface area contributed by atoms with E-state index in [-0.39, 0.29) is 24.6 Å². The molecule has 2 fully saturated rings. The maximum absolute atomic E-state index is 12.1. The lowest BCUT2D eigenvalue weighted by molar-refractivity contribution is -0.133. The van der Waals surface area contributed by atoms with Crippen LogP contribution in [0.1, 0.15) is 61.9 Å². The molecule has 1 aromatic carbocycles. The number of cyclic esters (lactones) is 1. The highest BCUT2D eigenvalue weighted by Gasteiger charge is 2.37. The predicted octanol–water partition coefficient (Wildman–Crippen LogP) is 4.30. The van der Waals surface area contributed by atoms with Crippen molar-refractivity contribution in [2.45, 2.75) is 57.8 Å². The van der Waals surface area contributed by atoms with Crippen molar-refractivity contribution < 1.29 is 14.3 Å². The topological polar surface area (TPSA) is 90.9 Å². The Morgan fingerprint density at radius 2 is 1.97 bits per heavy atom. The fraction of sp³-hybridized carbons (Fsp3) is 0.500. The summed E-state index contributed by atoms with van der Waals surface area (Å²) in [5, 5.41) is 3.38. The molecule has 1 unspecified atom stereocenters. The van der Waals surface area contributed by atoms with Crippen LogP contribution in [0, 0.1) is 5.92 Å². The summed E-state index contributed by atoms with van der Waals surface area (Å²) in [6, 6.07) is 9.48. The van der Waals surface area contributed by atoms with Crippen LogP contribution < -0.4 is 10.2 Å². The van der Waals surface area contributed by atoms with Crippen LogP contribution in [-0.4, -0.2) is 64.5 Å². The number of carbonyl (C=O) groups excluding carboxylic acids is 2. The van der Waals surface area contributed by atoms with Gasteiger partial charge in [-0.15, -0.1) is 0 Å². The average Bonchev–Trinajstić information content (AvgIpc) is 3.70. The molecule has 37 heavy (non-hydrogen) atoms. The summed E-state index contributed by atoms with van der Waals surface area (Å²) in [4.78, 5) is 38.8. The lowest BCUT2D eigenvalue weighted by atomic mass is 9.94. The molecule has 2 aliphatic heterocycles. The molecule has 9 heteroatoms. The Hall–Kier alpha value is -3.46. The third-order valence-electron chi connectivity index (χ3n) is 7.82. The molecule has 1 aliphatic carbocycles. The molecule has 1 saturated heterocycles. The Morgan fingerprint density at radius 3 is 2.62 bits per heavy atom. The number of aromatic nitrogens is 2. The van der Waals surface area contributed by atoms with Gasteiger partial charge in [-0.3, -0.25) is 14.6 Å². The van der Waals surface area contributed by atoms with Crippen LogP contribution in [0.4, 0.5) is 16.6 Å². The lowest BCUT2D eigenvalue weighted by Crippen LogP contribution is -2.60. The Labute approximate surface area is 218 Å². The van der Waals surface area contributed by atoms with E-state index in [1.54, 1.807) is 6.20 Å². The second kappa shape index (κ2) is 10.5. The fourth-order valence-corrected chi connectivity index (χ4v) is 5.15. The van der Waals surface area contributed by atoms with E-state index in [1.165, 1.54) is 29.4 Å².